The highest BCUT2D eigenvalue weighted by atomic mass is 35.5. The fraction of sp³-hybridized carbons (Fsp3) is 0.300. The molecule has 1 atom stereocenters. The quantitative estimate of drug-likeness (QED) is 0.709. The smallest absolute Gasteiger partial charge is 0.254 e. The fourth-order valence-corrected chi connectivity index (χ4v) is 3.67. The molecule has 0 aliphatic carbocycles. The number of nitrogens with one attached hydrogen (secondary N) is 1. The van der Waals surface area contributed by atoms with Crippen molar-refractivity contribution in [2.75, 3.05) is 19.0 Å². The molecule has 0 saturated carbocycles. The van der Waals surface area contributed by atoms with E-state index in [-0.39, 0.29) is 11.8 Å². The average Bonchev–Trinajstić information content (AvgIpc) is 3.16. The Morgan fingerprint density at radius 1 is 1.11 bits per heavy atom. The van der Waals surface area contributed by atoms with Crippen LogP contribution in [-0.2, 0) is 4.79 Å². The Kier molecular flexibility index (Phi) is 6.38. The van der Waals surface area contributed by atoms with Crippen molar-refractivity contribution in [1.82, 2.24) is 4.90 Å². The Bertz CT molecular complexity index is 933. The molecule has 8 heteroatoms. The highest BCUT2D eigenvalue weighted by molar-refractivity contribution is 6.42. The van der Waals surface area contributed by atoms with Crippen LogP contribution in [-0.4, -0.2) is 36.4 Å². The first kappa shape index (κ1) is 20.8. The van der Waals surface area contributed by atoms with Gasteiger partial charge in [0, 0.05) is 23.2 Å². The average molecular weight is 442 g/mol. The zero-order chi connectivity index (χ0) is 20.4. The third kappa shape index (κ3) is 4.22. The summed E-state index contributed by atoms with van der Waals surface area (Å²) in [5, 5.41) is 4.09. The lowest BCUT2D eigenvalue weighted by Crippen LogP contribution is -2.43. The minimum absolute atomic E-state index is 0.254. The molecule has 1 aliphatic heterocycles. The van der Waals surface area contributed by atoms with Gasteiger partial charge in [0.15, 0.2) is 0 Å². The van der Waals surface area contributed by atoms with Crippen LogP contribution >= 0.6 is 34.8 Å². The van der Waals surface area contributed by atoms with Crippen molar-refractivity contribution in [2.45, 2.75) is 25.8 Å². The van der Waals surface area contributed by atoms with Crippen molar-refractivity contribution in [3.63, 3.8) is 0 Å². The number of carbonyl (C=O) groups excluding carboxylic acids is 2. The van der Waals surface area contributed by atoms with Crippen LogP contribution in [0.2, 0.25) is 15.1 Å². The number of carbonyl (C=O) groups is 2. The van der Waals surface area contributed by atoms with Crippen LogP contribution in [0.1, 0.15) is 28.8 Å². The lowest BCUT2D eigenvalue weighted by atomic mass is 10.1. The van der Waals surface area contributed by atoms with Crippen LogP contribution in [0.5, 0.6) is 5.75 Å². The van der Waals surface area contributed by atoms with Gasteiger partial charge in [-0.05, 0) is 49.6 Å². The predicted octanol–water partition coefficient (Wildman–Crippen LogP) is 5.21. The SMILES string of the molecule is COc1cc(Cl)c(C)cc1NC(=O)C1CCCN1C(=O)c1ccc(Cl)c(Cl)c1. The molecule has 1 saturated heterocycles. The molecule has 0 spiro atoms. The van der Waals surface area contributed by atoms with Gasteiger partial charge < -0.3 is 15.0 Å². The number of benzene rings is 2. The van der Waals surface area contributed by atoms with E-state index in [0.717, 1.165) is 12.0 Å². The zero-order valence-corrected chi connectivity index (χ0v) is 17.7. The van der Waals surface area contributed by atoms with Crippen molar-refractivity contribution in [2.24, 2.45) is 0 Å². The topological polar surface area (TPSA) is 58.6 Å². The number of amides is 2. The van der Waals surface area contributed by atoms with Crippen molar-refractivity contribution in [3.8, 4) is 5.75 Å². The fourth-order valence-electron chi connectivity index (χ4n) is 3.22. The normalized spacial score (nSPS) is 16.2. The first-order chi connectivity index (χ1) is 13.3. The van der Waals surface area contributed by atoms with E-state index in [1.807, 2.05) is 6.92 Å². The van der Waals surface area contributed by atoms with E-state index in [0.29, 0.717) is 45.0 Å². The molecule has 1 heterocycles. The van der Waals surface area contributed by atoms with Gasteiger partial charge in [0.2, 0.25) is 5.91 Å². The van der Waals surface area contributed by atoms with Crippen molar-refractivity contribution >= 4 is 52.3 Å². The monoisotopic (exact) mass is 440 g/mol. The summed E-state index contributed by atoms with van der Waals surface area (Å²) in [5.41, 5.74) is 1.73. The van der Waals surface area contributed by atoms with Gasteiger partial charge in [0.05, 0.1) is 22.8 Å². The summed E-state index contributed by atoms with van der Waals surface area (Å²) in [7, 11) is 1.51. The van der Waals surface area contributed by atoms with Crippen LogP contribution in [0, 0.1) is 6.92 Å². The van der Waals surface area contributed by atoms with Crippen molar-refractivity contribution in [3.05, 3.63) is 56.5 Å². The van der Waals surface area contributed by atoms with E-state index in [1.54, 1.807) is 29.2 Å². The number of hydrogen-bond donors (Lipinski definition) is 1. The van der Waals surface area contributed by atoms with Gasteiger partial charge in [-0.25, -0.2) is 0 Å². The van der Waals surface area contributed by atoms with E-state index in [9.17, 15) is 9.59 Å². The molecule has 2 aromatic rings. The van der Waals surface area contributed by atoms with E-state index >= 15 is 0 Å². The van der Waals surface area contributed by atoms with Gasteiger partial charge >= 0.3 is 0 Å². The lowest BCUT2D eigenvalue weighted by Gasteiger charge is -2.24. The Labute approximate surface area is 178 Å². The van der Waals surface area contributed by atoms with Crippen molar-refractivity contribution in [1.29, 1.82) is 0 Å². The predicted molar refractivity (Wildman–Crippen MR) is 112 cm³/mol. The third-order valence-corrected chi connectivity index (χ3v) is 5.87. The Hall–Kier alpha value is -1.95. The molecule has 28 heavy (non-hydrogen) atoms. The van der Waals surface area contributed by atoms with Gasteiger partial charge in [0.1, 0.15) is 11.8 Å². The highest BCUT2D eigenvalue weighted by Gasteiger charge is 2.35. The number of nitrogens with zero attached hydrogens (tertiary/aromatic N) is 1. The first-order valence-corrected chi connectivity index (χ1v) is 9.86. The molecule has 2 amide bonds. The second-order valence-corrected chi connectivity index (χ2v) is 7.80. The van der Waals surface area contributed by atoms with E-state index in [1.165, 1.54) is 13.2 Å². The molecule has 1 N–H and O–H groups in total. The molecule has 1 aliphatic rings. The summed E-state index contributed by atoms with van der Waals surface area (Å²) < 4.78 is 5.31. The zero-order valence-electron chi connectivity index (χ0n) is 15.4. The van der Waals surface area contributed by atoms with Gasteiger partial charge in [-0.15, -0.1) is 0 Å². The Morgan fingerprint density at radius 3 is 2.54 bits per heavy atom. The molecule has 0 aromatic heterocycles. The minimum Gasteiger partial charge on any atom is -0.495 e. The summed E-state index contributed by atoms with van der Waals surface area (Å²) in [5.74, 6) is -0.0642. The molecular weight excluding hydrogens is 423 g/mol. The molecular formula is C20H19Cl3N2O3. The highest BCUT2D eigenvalue weighted by Crippen LogP contribution is 2.32. The number of likely N-dealkylation sites (tertiary alicyclic amines) is 1. The second kappa shape index (κ2) is 8.60. The molecule has 1 fully saturated rings. The Balaban J connectivity index is 1.81. The van der Waals surface area contributed by atoms with Crippen LogP contribution in [0.25, 0.3) is 0 Å². The Morgan fingerprint density at radius 2 is 1.86 bits per heavy atom. The molecule has 148 valence electrons. The maximum atomic E-state index is 12.9. The van der Waals surface area contributed by atoms with Crippen LogP contribution in [0.3, 0.4) is 0 Å². The van der Waals surface area contributed by atoms with E-state index in [4.69, 9.17) is 39.5 Å². The summed E-state index contributed by atoms with van der Waals surface area (Å²) in [4.78, 5) is 27.4. The lowest BCUT2D eigenvalue weighted by molar-refractivity contribution is -0.119. The maximum Gasteiger partial charge on any atom is 0.254 e. The van der Waals surface area contributed by atoms with Crippen molar-refractivity contribution < 1.29 is 14.3 Å². The summed E-state index contributed by atoms with van der Waals surface area (Å²) in [6.07, 6.45) is 1.32. The van der Waals surface area contributed by atoms with Gasteiger partial charge in [0.25, 0.3) is 5.91 Å². The van der Waals surface area contributed by atoms with E-state index in [2.05, 4.69) is 5.32 Å². The van der Waals surface area contributed by atoms with E-state index < -0.39 is 6.04 Å². The van der Waals surface area contributed by atoms with Crippen LogP contribution in [0.4, 0.5) is 5.69 Å². The molecule has 0 bridgehead atoms. The summed E-state index contributed by atoms with van der Waals surface area (Å²) >= 11 is 18.1. The number of ether oxygens (including phenoxy) is 1. The number of aryl methyl sites for hydroxylation is 1. The molecule has 5 nitrogen and oxygen atoms in total. The van der Waals surface area contributed by atoms with Crippen LogP contribution < -0.4 is 10.1 Å². The maximum absolute atomic E-state index is 12.9. The van der Waals surface area contributed by atoms with Gasteiger partial charge in [-0.1, -0.05) is 34.8 Å². The van der Waals surface area contributed by atoms with Crippen LogP contribution in [0.15, 0.2) is 30.3 Å². The number of methoxy groups -OCH3 is 1. The first-order valence-electron chi connectivity index (χ1n) is 8.73. The standard InChI is InChI=1S/C20H19Cl3N2O3/c1-11-8-16(18(28-2)10-14(11)22)24-19(26)17-4-3-7-25(17)20(27)12-5-6-13(21)15(23)9-12/h5-6,8-10,17H,3-4,7H2,1-2H3,(H,24,26). The summed E-state index contributed by atoms with van der Waals surface area (Å²) in [6.45, 7) is 2.33. The van der Waals surface area contributed by atoms with Gasteiger partial charge in [-0.2, -0.15) is 0 Å². The largest absolute Gasteiger partial charge is 0.495 e. The minimum atomic E-state index is -0.581. The summed E-state index contributed by atoms with van der Waals surface area (Å²) in [6, 6.07) is 7.52. The molecule has 3 rings (SSSR count). The third-order valence-electron chi connectivity index (χ3n) is 4.72. The molecule has 0 radical (unpaired) electrons. The number of anilines is 1. The number of halogens is 3. The van der Waals surface area contributed by atoms with Gasteiger partial charge in [-0.3, -0.25) is 9.59 Å². The number of hydrogen-bond acceptors (Lipinski definition) is 3. The number of rotatable bonds is 4. The molecule has 1 unspecified atom stereocenters. The second-order valence-electron chi connectivity index (χ2n) is 6.58. The molecule has 2 aromatic carbocycles.